The van der Waals surface area contributed by atoms with E-state index in [4.69, 9.17) is 9.47 Å². The Balaban J connectivity index is 2.17. The van der Waals surface area contributed by atoms with Crippen molar-refractivity contribution in [3.05, 3.63) is 60.9 Å². The summed E-state index contributed by atoms with van der Waals surface area (Å²) >= 11 is 0.907. The van der Waals surface area contributed by atoms with Gasteiger partial charge in [0.2, 0.25) is 5.91 Å². The number of fused-ring (bicyclic) bond motifs is 1. The topological polar surface area (TPSA) is 129 Å². The van der Waals surface area contributed by atoms with Crippen molar-refractivity contribution >= 4 is 33.4 Å². The number of methoxy groups -OCH3 is 1. The average Bonchev–Trinajstić information content (AvgIpc) is 3.20. The van der Waals surface area contributed by atoms with Crippen molar-refractivity contribution in [2.24, 2.45) is 5.92 Å². The van der Waals surface area contributed by atoms with Crippen molar-refractivity contribution in [1.82, 2.24) is 14.5 Å². The quantitative estimate of drug-likeness (QED) is 0.382. The van der Waals surface area contributed by atoms with Gasteiger partial charge < -0.3 is 19.9 Å². The highest BCUT2D eigenvalue weighted by Crippen LogP contribution is 2.31. The van der Waals surface area contributed by atoms with E-state index in [1.165, 1.54) is 23.8 Å². The Bertz CT molecular complexity index is 1440. The fourth-order valence-corrected chi connectivity index (χ4v) is 5.07. The Labute approximate surface area is 216 Å². The van der Waals surface area contributed by atoms with E-state index < -0.39 is 29.1 Å². The average molecular weight is 536 g/mol. The maximum Gasteiger partial charge on any atom is 0.348 e. The summed E-state index contributed by atoms with van der Waals surface area (Å²) in [6, 6.07) is 3.64. The molecule has 0 saturated heterocycles. The monoisotopic (exact) mass is 535 g/mol. The van der Waals surface area contributed by atoms with Gasteiger partial charge in [-0.05, 0) is 37.6 Å². The largest absolute Gasteiger partial charge is 0.496 e. The van der Waals surface area contributed by atoms with Crippen LogP contribution in [0.5, 0.6) is 5.75 Å². The minimum Gasteiger partial charge on any atom is -0.496 e. The zero-order chi connectivity index (χ0) is 27.4. The predicted molar refractivity (Wildman–Crippen MR) is 137 cm³/mol. The third-order valence-corrected chi connectivity index (χ3v) is 7.12. The van der Waals surface area contributed by atoms with Gasteiger partial charge in [-0.1, -0.05) is 13.8 Å². The van der Waals surface area contributed by atoms with Crippen LogP contribution in [0.15, 0.2) is 27.8 Å². The third-order valence-electron chi connectivity index (χ3n) is 5.82. The van der Waals surface area contributed by atoms with Crippen LogP contribution < -0.4 is 21.3 Å². The van der Waals surface area contributed by atoms with Gasteiger partial charge in [-0.2, -0.15) is 0 Å². The molecule has 37 heavy (non-hydrogen) atoms. The maximum absolute atomic E-state index is 13.9. The molecule has 3 aromatic rings. The highest BCUT2D eigenvalue weighted by atomic mass is 32.1. The van der Waals surface area contributed by atoms with Crippen LogP contribution in [-0.4, -0.2) is 46.4 Å². The lowest BCUT2D eigenvalue weighted by molar-refractivity contribution is -0.124. The van der Waals surface area contributed by atoms with Crippen LogP contribution in [-0.2, 0) is 22.6 Å². The summed E-state index contributed by atoms with van der Waals surface area (Å²) in [5.74, 6) is -1.53. The Morgan fingerprint density at radius 2 is 1.92 bits per heavy atom. The molecule has 0 saturated carbocycles. The standard InChI is InChI=1S/C25H30FN3O7S/c1-6-36-24(33)20-14(4)19-22(32)28(10-9-27-21(31)13(2)3)25(34)29(23(19)37-20)12-17(30)16-11-15(26)7-8-18(16)35-5/h7-8,11,13,17,30H,6,9-10,12H2,1-5H3,(H,27,31). The van der Waals surface area contributed by atoms with E-state index in [1.807, 2.05) is 0 Å². The Hall–Kier alpha value is -3.51. The number of halogens is 1. The van der Waals surface area contributed by atoms with Crippen LogP contribution in [0.1, 0.15) is 47.7 Å². The first-order valence-electron chi connectivity index (χ1n) is 11.7. The minimum atomic E-state index is -1.38. The number of ether oxygens (including phenoxy) is 2. The number of hydrogen-bond acceptors (Lipinski definition) is 8. The first-order chi connectivity index (χ1) is 17.5. The summed E-state index contributed by atoms with van der Waals surface area (Å²) in [5.41, 5.74) is -0.919. The highest BCUT2D eigenvalue weighted by molar-refractivity contribution is 7.20. The normalized spacial score (nSPS) is 12.1. The van der Waals surface area contributed by atoms with Gasteiger partial charge >= 0.3 is 11.7 Å². The molecule has 0 aliphatic heterocycles. The molecule has 2 heterocycles. The van der Waals surface area contributed by atoms with Crippen LogP contribution in [0.2, 0.25) is 0 Å². The number of aliphatic hydroxyl groups is 1. The molecule has 200 valence electrons. The van der Waals surface area contributed by atoms with Crippen molar-refractivity contribution in [3.63, 3.8) is 0 Å². The van der Waals surface area contributed by atoms with E-state index >= 15 is 0 Å². The minimum absolute atomic E-state index is 0.0197. The molecule has 0 bridgehead atoms. The molecule has 1 atom stereocenters. The van der Waals surface area contributed by atoms with Gasteiger partial charge in [-0.3, -0.25) is 18.7 Å². The first-order valence-corrected chi connectivity index (χ1v) is 12.6. The molecule has 12 heteroatoms. The fourth-order valence-electron chi connectivity index (χ4n) is 3.88. The first kappa shape index (κ1) is 28.1. The van der Waals surface area contributed by atoms with Crippen LogP contribution in [0.4, 0.5) is 4.39 Å². The van der Waals surface area contributed by atoms with E-state index in [0.717, 1.165) is 22.0 Å². The van der Waals surface area contributed by atoms with E-state index in [2.05, 4.69) is 5.32 Å². The molecular formula is C25H30FN3O7S. The molecule has 0 fully saturated rings. The number of aliphatic hydroxyl groups excluding tert-OH is 1. The molecule has 3 rings (SSSR count). The smallest absolute Gasteiger partial charge is 0.348 e. The molecule has 0 aliphatic carbocycles. The van der Waals surface area contributed by atoms with E-state index in [0.29, 0.717) is 5.56 Å². The zero-order valence-electron chi connectivity index (χ0n) is 21.3. The van der Waals surface area contributed by atoms with Crippen LogP contribution in [0.3, 0.4) is 0 Å². The van der Waals surface area contributed by atoms with Crippen LogP contribution >= 0.6 is 11.3 Å². The van der Waals surface area contributed by atoms with Gasteiger partial charge in [0.05, 0.1) is 25.6 Å². The SMILES string of the molecule is CCOC(=O)c1sc2c(c1C)c(=O)n(CCNC(=O)C(C)C)c(=O)n2CC(O)c1cc(F)ccc1OC. The molecule has 0 radical (unpaired) electrons. The summed E-state index contributed by atoms with van der Waals surface area (Å²) in [4.78, 5) is 51.7. The number of rotatable bonds is 10. The van der Waals surface area contributed by atoms with Gasteiger partial charge in [-0.15, -0.1) is 11.3 Å². The summed E-state index contributed by atoms with van der Waals surface area (Å²) in [6.07, 6.45) is -1.38. The second kappa shape index (κ2) is 11.7. The van der Waals surface area contributed by atoms with Gasteiger partial charge in [0.25, 0.3) is 5.56 Å². The number of aryl methyl sites for hydroxylation is 1. The van der Waals surface area contributed by atoms with Gasteiger partial charge in [0.1, 0.15) is 27.4 Å². The van der Waals surface area contributed by atoms with E-state index in [-0.39, 0.29) is 64.5 Å². The second-order valence-corrected chi connectivity index (χ2v) is 9.65. The second-order valence-electron chi connectivity index (χ2n) is 8.65. The van der Waals surface area contributed by atoms with Crippen LogP contribution in [0.25, 0.3) is 10.2 Å². The number of aromatic nitrogens is 2. The number of carbonyl (C=O) groups excluding carboxylic acids is 2. The number of carbonyl (C=O) groups is 2. The number of hydrogen-bond donors (Lipinski definition) is 2. The lowest BCUT2D eigenvalue weighted by atomic mass is 10.1. The summed E-state index contributed by atoms with van der Waals surface area (Å²) in [5, 5.41) is 13.8. The molecule has 1 amide bonds. The van der Waals surface area contributed by atoms with Crippen molar-refractivity contribution in [2.45, 2.75) is 46.9 Å². The molecule has 2 N–H and O–H groups in total. The number of esters is 1. The maximum atomic E-state index is 13.9. The van der Waals surface area contributed by atoms with Crippen molar-refractivity contribution < 1.29 is 28.6 Å². The lowest BCUT2D eigenvalue weighted by Crippen LogP contribution is -2.43. The zero-order valence-corrected chi connectivity index (χ0v) is 22.1. The van der Waals surface area contributed by atoms with E-state index in [9.17, 15) is 28.7 Å². The molecule has 0 spiro atoms. The number of amides is 1. The van der Waals surface area contributed by atoms with Gasteiger partial charge in [-0.25, -0.2) is 14.0 Å². The van der Waals surface area contributed by atoms with Crippen LogP contribution in [0, 0.1) is 18.7 Å². The number of thiophene rings is 1. The van der Waals surface area contributed by atoms with Gasteiger partial charge in [0.15, 0.2) is 0 Å². The molecule has 1 aromatic carbocycles. The predicted octanol–water partition coefficient (Wildman–Crippen LogP) is 2.36. The molecule has 1 unspecified atom stereocenters. The van der Waals surface area contributed by atoms with Crippen molar-refractivity contribution in [2.75, 3.05) is 20.3 Å². The molecular weight excluding hydrogens is 505 g/mol. The highest BCUT2D eigenvalue weighted by Gasteiger charge is 2.26. The third kappa shape index (κ3) is 5.75. The molecule has 2 aromatic heterocycles. The number of nitrogens with one attached hydrogen (secondary N) is 1. The van der Waals surface area contributed by atoms with Crippen molar-refractivity contribution in [3.8, 4) is 5.75 Å². The Morgan fingerprint density at radius 1 is 1.22 bits per heavy atom. The Kier molecular flexibility index (Phi) is 8.87. The van der Waals surface area contributed by atoms with Gasteiger partial charge in [0, 0.05) is 24.6 Å². The lowest BCUT2D eigenvalue weighted by Gasteiger charge is -2.18. The fraction of sp³-hybridized carbons (Fsp3) is 0.440. The summed E-state index contributed by atoms with van der Waals surface area (Å²) in [6.45, 7) is 6.33. The summed E-state index contributed by atoms with van der Waals surface area (Å²) in [7, 11) is 1.37. The Morgan fingerprint density at radius 3 is 2.54 bits per heavy atom. The summed E-state index contributed by atoms with van der Waals surface area (Å²) < 4.78 is 26.4. The number of nitrogens with zero attached hydrogens (tertiary/aromatic N) is 2. The van der Waals surface area contributed by atoms with E-state index in [1.54, 1.807) is 27.7 Å². The molecule has 10 nitrogen and oxygen atoms in total. The number of benzene rings is 1. The molecule has 0 aliphatic rings. The van der Waals surface area contributed by atoms with Crippen molar-refractivity contribution in [1.29, 1.82) is 0 Å².